The van der Waals surface area contributed by atoms with Gasteiger partial charge in [0, 0.05) is 24.7 Å². The van der Waals surface area contributed by atoms with Gasteiger partial charge in [0.1, 0.15) is 5.56 Å². The number of rotatable bonds is 2. The Bertz CT molecular complexity index is 749. The Balaban J connectivity index is 2.23. The highest BCUT2D eigenvalue weighted by atomic mass is 19.3. The number of hydrogen-bond donors (Lipinski definition) is 1. The summed E-state index contributed by atoms with van der Waals surface area (Å²) in [4.78, 5) is 15.8. The number of halogens is 2. The van der Waals surface area contributed by atoms with Crippen molar-refractivity contribution in [2.45, 2.75) is 6.29 Å². The predicted molar refractivity (Wildman–Crippen MR) is 68.8 cm³/mol. The molecule has 3 rings (SSSR count). The Kier molecular flexibility index (Phi) is 2.82. The normalized spacial score (nSPS) is 15.0. The Morgan fingerprint density at radius 3 is 2.62 bits per heavy atom. The van der Waals surface area contributed by atoms with E-state index in [1.54, 1.807) is 7.05 Å². The number of benzene rings is 1. The van der Waals surface area contributed by atoms with Gasteiger partial charge >= 0.3 is 12.3 Å². The van der Waals surface area contributed by atoms with Crippen LogP contribution in [0, 0.1) is 0 Å². The van der Waals surface area contributed by atoms with Crippen molar-refractivity contribution in [3.63, 3.8) is 0 Å². The molecule has 0 aliphatic carbocycles. The van der Waals surface area contributed by atoms with Crippen LogP contribution in [-0.2, 0) is 4.74 Å². The van der Waals surface area contributed by atoms with Crippen LogP contribution in [0.4, 0.5) is 14.5 Å². The van der Waals surface area contributed by atoms with Crippen molar-refractivity contribution in [2.75, 3.05) is 19.5 Å². The Hall–Kier alpha value is -2.64. The summed E-state index contributed by atoms with van der Waals surface area (Å²) in [6, 6.07) is 2.67. The summed E-state index contributed by atoms with van der Waals surface area (Å²) in [5.74, 6) is -0.808. The Morgan fingerprint density at radius 1 is 1.33 bits per heavy atom. The molecular formula is C13H10F2N2O4. The fraction of sp³-hybridized carbons (Fsp3) is 0.231. The lowest BCUT2D eigenvalue weighted by atomic mass is 10.1. The van der Waals surface area contributed by atoms with Crippen LogP contribution in [-0.4, -0.2) is 31.4 Å². The molecule has 1 aromatic carbocycles. The molecule has 1 aromatic heterocycles. The zero-order valence-corrected chi connectivity index (χ0v) is 11.1. The monoisotopic (exact) mass is 296 g/mol. The molecular weight excluding hydrogens is 286 g/mol. The molecule has 110 valence electrons. The van der Waals surface area contributed by atoms with Crippen LogP contribution in [0.2, 0.25) is 0 Å². The lowest BCUT2D eigenvalue weighted by molar-refractivity contribution is -0.286. The van der Waals surface area contributed by atoms with E-state index in [0.29, 0.717) is 16.6 Å². The van der Waals surface area contributed by atoms with Gasteiger partial charge in [0.15, 0.2) is 11.5 Å². The molecule has 1 aliphatic rings. The van der Waals surface area contributed by atoms with E-state index < -0.39 is 12.3 Å². The molecule has 2 heterocycles. The van der Waals surface area contributed by atoms with Crippen molar-refractivity contribution < 1.29 is 27.8 Å². The second-order valence-corrected chi connectivity index (χ2v) is 4.27. The third-order valence-electron chi connectivity index (χ3n) is 3.05. The van der Waals surface area contributed by atoms with Gasteiger partial charge in [-0.3, -0.25) is 4.98 Å². The van der Waals surface area contributed by atoms with Crippen molar-refractivity contribution >= 4 is 22.6 Å². The van der Waals surface area contributed by atoms with E-state index in [-0.39, 0.29) is 17.1 Å². The highest BCUT2D eigenvalue weighted by molar-refractivity contribution is 6.05. The molecule has 0 saturated carbocycles. The van der Waals surface area contributed by atoms with Crippen LogP contribution < -0.4 is 14.8 Å². The standard InChI is InChI=1S/C13H10F2N2O4/c1-16-11-6-3-9-10(21-13(14,15)20-9)4-8(6)17-5-7(11)12(18)19-2/h3-5H,1-2H3,(H,16,17). The number of fused-ring (bicyclic) bond motifs is 2. The number of carbonyl (C=O) groups excluding carboxylic acids is 1. The molecule has 6 nitrogen and oxygen atoms in total. The number of nitrogens with zero attached hydrogens (tertiary/aromatic N) is 1. The molecule has 8 heteroatoms. The number of anilines is 1. The minimum Gasteiger partial charge on any atom is -0.465 e. The van der Waals surface area contributed by atoms with Crippen molar-refractivity contribution in [1.29, 1.82) is 0 Å². The summed E-state index contributed by atoms with van der Waals surface area (Å²) >= 11 is 0. The van der Waals surface area contributed by atoms with Gasteiger partial charge < -0.3 is 19.5 Å². The molecule has 2 aromatic rings. The van der Waals surface area contributed by atoms with Crippen LogP contribution in [0.3, 0.4) is 0 Å². The summed E-state index contributed by atoms with van der Waals surface area (Å²) in [6.07, 6.45) is -2.40. The third-order valence-corrected chi connectivity index (χ3v) is 3.05. The largest absolute Gasteiger partial charge is 0.586 e. The number of methoxy groups -OCH3 is 1. The Labute approximate surface area is 117 Å². The van der Waals surface area contributed by atoms with E-state index in [2.05, 4.69) is 24.5 Å². The van der Waals surface area contributed by atoms with Gasteiger partial charge in [0.25, 0.3) is 0 Å². The van der Waals surface area contributed by atoms with Gasteiger partial charge in [-0.2, -0.15) is 0 Å². The molecule has 21 heavy (non-hydrogen) atoms. The van der Waals surface area contributed by atoms with E-state index in [1.807, 2.05) is 0 Å². The lowest BCUT2D eigenvalue weighted by Crippen LogP contribution is -2.25. The highest BCUT2D eigenvalue weighted by Crippen LogP contribution is 2.44. The maximum Gasteiger partial charge on any atom is 0.586 e. The molecule has 0 radical (unpaired) electrons. The molecule has 1 N–H and O–H groups in total. The highest BCUT2D eigenvalue weighted by Gasteiger charge is 2.43. The number of nitrogens with one attached hydrogen (secondary N) is 1. The van der Waals surface area contributed by atoms with Gasteiger partial charge in [0.05, 0.1) is 18.3 Å². The van der Waals surface area contributed by atoms with Gasteiger partial charge in [-0.1, -0.05) is 0 Å². The number of esters is 1. The number of pyridine rings is 1. The van der Waals surface area contributed by atoms with E-state index in [0.717, 1.165) is 0 Å². The van der Waals surface area contributed by atoms with E-state index in [1.165, 1.54) is 25.4 Å². The average molecular weight is 296 g/mol. The summed E-state index contributed by atoms with van der Waals surface area (Å²) in [7, 11) is 2.84. The van der Waals surface area contributed by atoms with Gasteiger partial charge in [-0.25, -0.2) is 4.79 Å². The second-order valence-electron chi connectivity index (χ2n) is 4.27. The first-order chi connectivity index (χ1) is 9.95. The number of hydrogen-bond acceptors (Lipinski definition) is 6. The summed E-state index contributed by atoms with van der Waals surface area (Å²) < 4.78 is 39.6. The predicted octanol–water partition coefficient (Wildman–Crippen LogP) is 2.38. The molecule has 0 fully saturated rings. The van der Waals surface area contributed by atoms with Crippen LogP contribution >= 0.6 is 0 Å². The first-order valence-corrected chi connectivity index (χ1v) is 5.94. The zero-order chi connectivity index (χ0) is 15.2. The Morgan fingerprint density at radius 2 is 2.00 bits per heavy atom. The van der Waals surface area contributed by atoms with Gasteiger partial charge in [-0.05, 0) is 6.07 Å². The first-order valence-electron chi connectivity index (χ1n) is 5.94. The lowest BCUT2D eigenvalue weighted by Gasteiger charge is -2.10. The first kappa shape index (κ1) is 13.3. The fourth-order valence-corrected chi connectivity index (χ4v) is 2.17. The van der Waals surface area contributed by atoms with Crippen LogP contribution in [0.25, 0.3) is 10.9 Å². The third kappa shape index (κ3) is 2.08. The number of aromatic nitrogens is 1. The molecule has 0 atom stereocenters. The van der Waals surface area contributed by atoms with E-state index in [9.17, 15) is 13.6 Å². The SMILES string of the molecule is CNc1c(C(=O)OC)cnc2cc3c(cc12)OC(F)(F)O3. The van der Waals surface area contributed by atoms with Crippen LogP contribution in [0.5, 0.6) is 11.5 Å². The smallest absolute Gasteiger partial charge is 0.465 e. The molecule has 0 amide bonds. The maximum atomic E-state index is 13.1. The molecule has 0 unspecified atom stereocenters. The van der Waals surface area contributed by atoms with Crippen molar-refractivity contribution in [3.8, 4) is 11.5 Å². The summed E-state index contributed by atoms with van der Waals surface area (Å²) in [6.45, 7) is 0. The number of carbonyl (C=O) groups is 1. The van der Waals surface area contributed by atoms with Gasteiger partial charge in [-0.15, -0.1) is 8.78 Å². The molecule has 0 bridgehead atoms. The topological polar surface area (TPSA) is 69.7 Å². The van der Waals surface area contributed by atoms with Crippen LogP contribution in [0.15, 0.2) is 18.3 Å². The zero-order valence-electron chi connectivity index (χ0n) is 11.1. The quantitative estimate of drug-likeness (QED) is 0.858. The summed E-state index contributed by atoms with van der Waals surface area (Å²) in [5, 5.41) is 3.29. The van der Waals surface area contributed by atoms with Crippen molar-refractivity contribution in [3.05, 3.63) is 23.9 Å². The average Bonchev–Trinajstić information content (AvgIpc) is 2.75. The van der Waals surface area contributed by atoms with Crippen molar-refractivity contribution in [1.82, 2.24) is 4.98 Å². The van der Waals surface area contributed by atoms with E-state index in [4.69, 9.17) is 0 Å². The fourth-order valence-electron chi connectivity index (χ4n) is 2.17. The van der Waals surface area contributed by atoms with Crippen LogP contribution in [0.1, 0.15) is 10.4 Å². The minimum absolute atomic E-state index is 0.104. The maximum absolute atomic E-state index is 13.1. The molecule has 0 saturated heterocycles. The number of ether oxygens (including phenoxy) is 3. The molecule has 0 spiro atoms. The van der Waals surface area contributed by atoms with Crippen molar-refractivity contribution in [2.24, 2.45) is 0 Å². The number of alkyl halides is 2. The van der Waals surface area contributed by atoms with Gasteiger partial charge in [0.2, 0.25) is 0 Å². The summed E-state index contributed by atoms with van der Waals surface area (Å²) in [5.41, 5.74) is 0.985. The van der Waals surface area contributed by atoms with E-state index >= 15 is 0 Å². The molecule has 1 aliphatic heterocycles. The second kappa shape index (κ2) is 4.44. The minimum atomic E-state index is -3.70.